The van der Waals surface area contributed by atoms with Crippen LogP contribution in [0.4, 0.5) is 5.69 Å². The summed E-state index contributed by atoms with van der Waals surface area (Å²) in [4.78, 5) is 29.2. The number of anilines is 1. The van der Waals surface area contributed by atoms with Crippen molar-refractivity contribution in [3.05, 3.63) is 99.8 Å². The number of nitrogens with one attached hydrogen (secondary N) is 1. The maximum atomic E-state index is 13.2. The third-order valence-electron chi connectivity index (χ3n) is 5.26. The quantitative estimate of drug-likeness (QED) is 0.258. The standard InChI is InChI=1S/C25H18Cl2N2O5S/c1-34-23(30)12-16-14-28-24(20-5-3-2-4-19(16)20)25(31)15-6-8-17(9-7-15)29-35(32,33)18-10-11-21(26)22(27)13-18/h2-11,13-14,29H,12H2,1H3. The monoisotopic (exact) mass is 528 g/mol. The highest BCUT2D eigenvalue weighted by atomic mass is 35.5. The summed E-state index contributed by atoms with van der Waals surface area (Å²) in [6.07, 6.45) is 1.53. The number of sulfonamides is 1. The molecule has 0 unspecified atom stereocenters. The number of rotatable bonds is 7. The minimum Gasteiger partial charge on any atom is -0.469 e. The van der Waals surface area contributed by atoms with Gasteiger partial charge in [0.2, 0.25) is 5.78 Å². The van der Waals surface area contributed by atoms with E-state index in [-0.39, 0.29) is 38.5 Å². The van der Waals surface area contributed by atoms with Crippen molar-refractivity contribution < 1.29 is 22.7 Å². The molecule has 0 radical (unpaired) electrons. The van der Waals surface area contributed by atoms with Crippen LogP contribution in [0.25, 0.3) is 10.8 Å². The van der Waals surface area contributed by atoms with Gasteiger partial charge in [0.1, 0.15) is 5.69 Å². The molecule has 0 saturated heterocycles. The summed E-state index contributed by atoms with van der Waals surface area (Å²) >= 11 is 11.8. The van der Waals surface area contributed by atoms with E-state index in [1.54, 1.807) is 12.1 Å². The molecule has 10 heteroatoms. The van der Waals surface area contributed by atoms with E-state index in [9.17, 15) is 18.0 Å². The fourth-order valence-corrected chi connectivity index (χ4v) is 4.93. The zero-order chi connectivity index (χ0) is 25.2. The molecule has 0 bridgehead atoms. The van der Waals surface area contributed by atoms with Gasteiger partial charge in [0.05, 0.1) is 28.5 Å². The second-order valence-electron chi connectivity index (χ2n) is 7.52. The number of ether oxygens (including phenoxy) is 1. The maximum absolute atomic E-state index is 13.2. The van der Waals surface area contributed by atoms with E-state index in [4.69, 9.17) is 27.9 Å². The van der Waals surface area contributed by atoms with E-state index in [0.29, 0.717) is 16.5 Å². The normalized spacial score (nSPS) is 11.3. The first kappa shape index (κ1) is 24.7. The van der Waals surface area contributed by atoms with Crippen molar-refractivity contribution in [1.29, 1.82) is 0 Å². The minimum absolute atomic E-state index is 0.0339. The molecule has 0 atom stereocenters. The molecule has 4 rings (SSSR count). The summed E-state index contributed by atoms with van der Waals surface area (Å²) in [6, 6.07) is 17.1. The first-order valence-electron chi connectivity index (χ1n) is 10.3. The molecule has 0 fully saturated rings. The fraction of sp³-hybridized carbons (Fsp3) is 0.0800. The van der Waals surface area contributed by atoms with Crippen LogP contribution in [0.3, 0.4) is 0 Å². The van der Waals surface area contributed by atoms with Crippen LogP contribution in [0.2, 0.25) is 10.0 Å². The van der Waals surface area contributed by atoms with E-state index < -0.39 is 16.0 Å². The number of hydrogen-bond donors (Lipinski definition) is 1. The van der Waals surface area contributed by atoms with Crippen LogP contribution in [0.5, 0.6) is 0 Å². The predicted molar refractivity (Wildman–Crippen MR) is 135 cm³/mol. The Hall–Kier alpha value is -3.46. The molecular formula is C25H18Cl2N2O5S. The Morgan fingerprint density at radius 3 is 2.29 bits per heavy atom. The van der Waals surface area contributed by atoms with Crippen LogP contribution in [-0.2, 0) is 26.0 Å². The first-order chi connectivity index (χ1) is 16.7. The topological polar surface area (TPSA) is 102 Å². The highest BCUT2D eigenvalue weighted by Crippen LogP contribution is 2.27. The summed E-state index contributed by atoms with van der Waals surface area (Å²) in [5, 5.41) is 1.69. The number of fused-ring (bicyclic) bond motifs is 1. The third kappa shape index (κ3) is 5.30. The van der Waals surface area contributed by atoms with E-state index >= 15 is 0 Å². The molecule has 0 aliphatic carbocycles. The van der Waals surface area contributed by atoms with Gasteiger partial charge in [0.15, 0.2) is 0 Å². The number of pyridine rings is 1. The number of carbonyl (C=O) groups is 2. The van der Waals surface area contributed by atoms with Gasteiger partial charge >= 0.3 is 5.97 Å². The Morgan fingerprint density at radius 1 is 0.943 bits per heavy atom. The second kappa shape index (κ2) is 10.0. The van der Waals surface area contributed by atoms with Gasteiger partial charge in [-0.25, -0.2) is 8.42 Å². The average Bonchev–Trinajstić information content (AvgIpc) is 2.85. The zero-order valence-corrected chi connectivity index (χ0v) is 20.6. The number of methoxy groups -OCH3 is 1. The molecule has 4 aromatic rings. The first-order valence-corrected chi connectivity index (χ1v) is 12.5. The van der Waals surface area contributed by atoms with E-state index in [1.807, 2.05) is 12.1 Å². The Morgan fingerprint density at radius 2 is 1.63 bits per heavy atom. The molecule has 1 aromatic heterocycles. The zero-order valence-electron chi connectivity index (χ0n) is 18.3. The van der Waals surface area contributed by atoms with E-state index in [0.717, 1.165) is 5.39 Å². The average molecular weight is 529 g/mol. The second-order valence-corrected chi connectivity index (χ2v) is 10.0. The lowest BCUT2D eigenvalue weighted by atomic mass is 9.98. The molecule has 3 aromatic carbocycles. The van der Waals surface area contributed by atoms with Crippen LogP contribution < -0.4 is 4.72 Å². The van der Waals surface area contributed by atoms with Crippen LogP contribution in [0.1, 0.15) is 21.6 Å². The smallest absolute Gasteiger partial charge is 0.310 e. The predicted octanol–water partition coefficient (Wildman–Crippen LogP) is 5.29. The summed E-state index contributed by atoms with van der Waals surface area (Å²) in [6.45, 7) is 0. The molecule has 0 aliphatic rings. The lowest BCUT2D eigenvalue weighted by molar-refractivity contribution is -0.139. The van der Waals surface area contributed by atoms with Crippen molar-refractivity contribution in [3.8, 4) is 0 Å². The van der Waals surface area contributed by atoms with Crippen LogP contribution in [0.15, 0.2) is 77.8 Å². The molecule has 0 aliphatic heterocycles. The molecule has 7 nitrogen and oxygen atoms in total. The van der Waals surface area contributed by atoms with Crippen LogP contribution in [0, 0.1) is 0 Å². The minimum atomic E-state index is -3.91. The molecular weight excluding hydrogens is 511 g/mol. The Kier molecular flexibility index (Phi) is 7.07. The molecule has 35 heavy (non-hydrogen) atoms. The van der Waals surface area contributed by atoms with E-state index in [1.165, 1.54) is 55.8 Å². The number of aromatic nitrogens is 1. The lowest BCUT2D eigenvalue weighted by Gasteiger charge is -2.11. The van der Waals surface area contributed by atoms with Crippen molar-refractivity contribution in [3.63, 3.8) is 0 Å². The van der Waals surface area contributed by atoms with Crippen molar-refractivity contribution in [2.45, 2.75) is 11.3 Å². The SMILES string of the molecule is COC(=O)Cc1cnc(C(=O)c2ccc(NS(=O)(=O)c3ccc(Cl)c(Cl)c3)cc2)c2ccccc12. The summed E-state index contributed by atoms with van der Waals surface area (Å²) in [5.74, 6) is -0.750. The van der Waals surface area contributed by atoms with Gasteiger partial charge in [-0.1, -0.05) is 47.5 Å². The molecule has 0 saturated carbocycles. The molecule has 0 amide bonds. The van der Waals surface area contributed by atoms with Gasteiger partial charge in [-0.2, -0.15) is 0 Å². The Bertz CT molecular complexity index is 1550. The van der Waals surface area contributed by atoms with Crippen molar-refractivity contribution in [2.24, 2.45) is 0 Å². The number of esters is 1. The molecule has 0 spiro atoms. The molecule has 178 valence electrons. The number of halogens is 2. The number of benzene rings is 3. The highest BCUT2D eigenvalue weighted by Gasteiger charge is 2.19. The van der Waals surface area contributed by atoms with Gasteiger partial charge in [-0.05, 0) is 53.4 Å². The number of ketones is 1. The van der Waals surface area contributed by atoms with Crippen LogP contribution in [-0.4, -0.2) is 32.3 Å². The van der Waals surface area contributed by atoms with Crippen molar-refractivity contribution in [1.82, 2.24) is 4.98 Å². The molecule has 1 N–H and O–H groups in total. The Balaban J connectivity index is 1.60. The van der Waals surface area contributed by atoms with Crippen LogP contribution >= 0.6 is 23.2 Å². The lowest BCUT2D eigenvalue weighted by Crippen LogP contribution is -2.13. The number of nitrogens with zero attached hydrogens (tertiary/aromatic N) is 1. The summed E-state index contributed by atoms with van der Waals surface area (Å²) in [5.41, 5.74) is 1.45. The Labute approximate surface area is 211 Å². The largest absolute Gasteiger partial charge is 0.469 e. The van der Waals surface area contributed by atoms with Gasteiger partial charge in [-0.3, -0.25) is 19.3 Å². The molecule has 1 heterocycles. The van der Waals surface area contributed by atoms with E-state index in [2.05, 4.69) is 9.71 Å². The third-order valence-corrected chi connectivity index (χ3v) is 7.37. The number of carbonyl (C=O) groups excluding carboxylic acids is 2. The summed E-state index contributed by atoms with van der Waals surface area (Å²) < 4.78 is 32.5. The maximum Gasteiger partial charge on any atom is 0.310 e. The van der Waals surface area contributed by atoms with Gasteiger partial charge in [0.25, 0.3) is 10.0 Å². The number of hydrogen-bond acceptors (Lipinski definition) is 6. The summed E-state index contributed by atoms with van der Waals surface area (Å²) in [7, 11) is -2.60. The van der Waals surface area contributed by atoms with Gasteiger partial charge in [-0.15, -0.1) is 0 Å². The van der Waals surface area contributed by atoms with Gasteiger partial charge < -0.3 is 4.74 Å². The van der Waals surface area contributed by atoms with Gasteiger partial charge in [0, 0.05) is 22.8 Å². The van der Waals surface area contributed by atoms with Crippen molar-refractivity contribution >= 4 is 61.4 Å². The van der Waals surface area contributed by atoms with Crippen molar-refractivity contribution in [2.75, 3.05) is 11.8 Å². The fourth-order valence-electron chi connectivity index (χ4n) is 3.49. The highest BCUT2D eigenvalue weighted by molar-refractivity contribution is 7.92.